The minimum absolute atomic E-state index is 0.198. The van der Waals surface area contributed by atoms with Gasteiger partial charge in [0, 0.05) is 12.7 Å². The Morgan fingerprint density at radius 3 is 3.07 bits per heavy atom. The first kappa shape index (κ1) is 9.88. The van der Waals surface area contributed by atoms with Crippen molar-refractivity contribution in [3.8, 4) is 0 Å². The van der Waals surface area contributed by atoms with Gasteiger partial charge in [0.2, 0.25) is 5.95 Å². The fourth-order valence-electron chi connectivity index (χ4n) is 1.60. The Balaban J connectivity index is 2.38. The highest BCUT2D eigenvalue weighted by Crippen LogP contribution is 2.28. The molecule has 0 amide bonds. The summed E-state index contributed by atoms with van der Waals surface area (Å²) >= 11 is 0. The van der Waals surface area contributed by atoms with Gasteiger partial charge < -0.3 is 15.0 Å². The summed E-state index contributed by atoms with van der Waals surface area (Å²) in [5.41, 5.74) is -0.218. The Morgan fingerprint density at radius 2 is 2.47 bits per heavy atom. The van der Waals surface area contributed by atoms with E-state index in [0.717, 1.165) is 6.20 Å². The summed E-state index contributed by atoms with van der Waals surface area (Å²) in [6.07, 6.45) is -1.11. The Morgan fingerprint density at radius 1 is 1.73 bits per heavy atom. The minimum atomic E-state index is -2.51. The molecule has 5 nitrogen and oxygen atoms in total. The van der Waals surface area contributed by atoms with Crippen molar-refractivity contribution >= 4 is 11.9 Å². The second kappa shape index (κ2) is 3.48. The number of alkyl halides is 2. The van der Waals surface area contributed by atoms with E-state index < -0.39 is 18.4 Å². The molecule has 1 aliphatic rings. The number of rotatable bonds is 2. The third-order valence-electron chi connectivity index (χ3n) is 2.32. The van der Waals surface area contributed by atoms with Gasteiger partial charge in [-0.3, -0.25) is 0 Å². The van der Waals surface area contributed by atoms with E-state index in [0.29, 0.717) is 6.54 Å². The maximum atomic E-state index is 12.6. The fraction of sp³-hybridized carbons (Fsp3) is 0.500. The van der Waals surface area contributed by atoms with Crippen molar-refractivity contribution in [2.75, 3.05) is 11.9 Å². The summed E-state index contributed by atoms with van der Waals surface area (Å²) in [6.45, 7) is 0.380. The van der Waals surface area contributed by atoms with Crippen LogP contribution in [0.4, 0.5) is 14.7 Å². The first-order valence-electron chi connectivity index (χ1n) is 4.44. The van der Waals surface area contributed by atoms with Crippen LogP contribution in [0.1, 0.15) is 23.0 Å². The summed E-state index contributed by atoms with van der Waals surface area (Å²) in [6, 6.07) is -0.984. The molecule has 1 unspecified atom stereocenters. The molecule has 2 heterocycles. The van der Waals surface area contributed by atoms with Crippen LogP contribution >= 0.6 is 0 Å². The van der Waals surface area contributed by atoms with E-state index in [9.17, 15) is 13.6 Å². The second-order valence-corrected chi connectivity index (χ2v) is 3.28. The summed E-state index contributed by atoms with van der Waals surface area (Å²) in [5.74, 6) is -1.02. The molecule has 0 radical (unpaired) electrons. The van der Waals surface area contributed by atoms with E-state index in [1.54, 1.807) is 0 Å². The number of imidazole rings is 1. The van der Waals surface area contributed by atoms with Gasteiger partial charge in [-0.1, -0.05) is 0 Å². The zero-order valence-electron chi connectivity index (χ0n) is 7.65. The molecule has 0 saturated heterocycles. The van der Waals surface area contributed by atoms with Crippen LogP contribution in [0.25, 0.3) is 0 Å². The van der Waals surface area contributed by atoms with Crippen molar-refractivity contribution in [1.82, 2.24) is 9.55 Å². The van der Waals surface area contributed by atoms with Crippen LogP contribution in [0.5, 0.6) is 0 Å². The number of halogens is 2. The molecule has 0 bridgehead atoms. The van der Waals surface area contributed by atoms with Crippen molar-refractivity contribution in [1.29, 1.82) is 0 Å². The average Bonchev–Trinajstić information content (AvgIpc) is 2.60. The van der Waals surface area contributed by atoms with E-state index in [-0.39, 0.29) is 18.1 Å². The minimum Gasteiger partial charge on any atom is -0.476 e. The summed E-state index contributed by atoms with van der Waals surface area (Å²) < 4.78 is 26.4. The summed E-state index contributed by atoms with van der Waals surface area (Å²) in [7, 11) is 0. The topological polar surface area (TPSA) is 67.1 Å². The maximum absolute atomic E-state index is 12.6. The van der Waals surface area contributed by atoms with Crippen molar-refractivity contribution in [3.05, 3.63) is 11.9 Å². The number of carbonyl (C=O) groups is 1. The van der Waals surface area contributed by atoms with Gasteiger partial charge in [0.15, 0.2) is 5.69 Å². The van der Waals surface area contributed by atoms with E-state index in [1.165, 1.54) is 4.57 Å². The van der Waals surface area contributed by atoms with Gasteiger partial charge in [-0.05, 0) is 6.42 Å². The van der Waals surface area contributed by atoms with Crippen LogP contribution in [-0.4, -0.2) is 33.6 Å². The van der Waals surface area contributed by atoms with Gasteiger partial charge in [-0.25, -0.2) is 18.6 Å². The van der Waals surface area contributed by atoms with Crippen LogP contribution in [0, 0.1) is 0 Å². The average molecular weight is 217 g/mol. The molecule has 0 aromatic carbocycles. The molecular formula is C8H9F2N3O2. The number of hydrogen-bond acceptors (Lipinski definition) is 3. The van der Waals surface area contributed by atoms with Gasteiger partial charge in [-0.15, -0.1) is 0 Å². The first-order valence-corrected chi connectivity index (χ1v) is 4.44. The Bertz CT molecular complexity index is 391. The summed E-state index contributed by atoms with van der Waals surface area (Å²) in [5, 5.41) is 11.4. The molecule has 2 rings (SSSR count). The molecule has 82 valence electrons. The number of hydrogen-bond donors (Lipinski definition) is 2. The van der Waals surface area contributed by atoms with E-state index in [1.807, 2.05) is 0 Å². The highest BCUT2D eigenvalue weighted by atomic mass is 19.3. The van der Waals surface area contributed by atoms with Crippen molar-refractivity contribution < 1.29 is 18.7 Å². The molecule has 7 heteroatoms. The van der Waals surface area contributed by atoms with Gasteiger partial charge in [0.25, 0.3) is 6.43 Å². The van der Waals surface area contributed by atoms with Gasteiger partial charge in [0.05, 0.1) is 6.04 Å². The van der Waals surface area contributed by atoms with Gasteiger partial charge in [0.1, 0.15) is 0 Å². The van der Waals surface area contributed by atoms with E-state index >= 15 is 0 Å². The summed E-state index contributed by atoms with van der Waals surface area (Å²) in [4.78, 5) is 14.3. The van der Waals surface area contributed by atoms with Gasteiger partial charge in [-0.2, -0.15) is 0 Å². The van der Waals surface area contributed by atoms with Gasteiger partial charge >= 0.3 is 5.97 Å². The zero-order chi connectivity index (χ0) is 11.0. The highest BCUT2D eigenvalue weighted by Gasteiger charge is 2.29. The number of nitrogens with zero attached hydrogens (tertiary/aromatic N) is 2. The Kier molecular flexibility index (Phi) is 2.29. The van der Waals surface area contributed by atoms with Crippen LogP contribution in [-0.2, 0) is 0 Å². The molecule has 2 N–H and O–H groups in total. The second-order valence-electron chi connectivity index (χ2n) is 3.28. The molecule has 15 heavy (non-hydrogen) atoms. The number of anilines is 1. The van der Waals surface area contributed by atoms with E-state index in [4.69, 9.17) is 5.11 Å². The van der Waals surface area contributed by atoms with E-state index in [2.05, 4.69) is 10.3 Å². The van der Waals surface area contributed by atoms with Crippen molar-refractivity contribution in [2.45, 2.75) is 18.9 Å². The Hall–Kier alpha value is -1.66. The monoisotopic (exact) mass is 217 g/mol. The predicted octanol–water partition coefficient (Wildman–Crippen LogP) is 1.20. The molecule has 1 aromatic heterocycles. The lowest BCUT2D eigenvalue weighted by Crippen LogP contribution is -2.27. The fourth-order valence-corrected chi connectivity index (χ4v) is 1.60. The van der Waals surface area contributed by atoms with Crippen molar-refractivity contribution in [3.63, 3.8) is 0 Å². The molecule has 1 aliphatic heterocycles. The van der Waals surface area contributed by atoms with Crippen LogP contribution in [0.15, 0.2) is 6.20 Å². The standard InChI is InChI=1S/C8H9F2N3O2/c9-6(10)5-1-2-11-8-12-4(7(14)15)3-13(5)8/h3,5-6H,1-2H2,(H,11,12)(H,14,15). The number of nitrogens with one attached hydrogen (secondary N) is 1. The smallest absolute Gasteiger partial charge is 0.356 e. The quantitative estimate of drug-likeness (QED) is 0.781. The lowest BCUT2D eigenvalue weighted by atomic mass is 10.2. The normalized spacial score (nSPS) is 19.8. The molecule has 0 saturated carbocycles. The molecule has 1 atom stereocenters. The number of fused-ring (bicyclic) bond motifs is 1. The third kappa shape index (κ3) is 1.64. The Labute approximate surface area is 83.7 Å². The number of aromatic nitrogens is 2. The lowest BCUT2D eigenvalue weighted by molar-refractivity contribution is 0.0685. The number of aromatic carboxylic acids is 1. The lowest BCUT2D eigenvalue weighted by Gasteiger charge is -2.24. The first-order chi connectivity index (χ1) is 7.09. The largest absolute Gasteiger partial charge is 0.476 e. The predicted molar refractivity (Wildman–Crippen MR) is 47.3 cm³/mol. The van der Waals surface area contributed by atoms with Crippen LogP contribution < -0.4 is 5.32 Å². The van der Waals surface area contributed by atoms with Crippen molar-refractivity contribution in [2.24, 2.45) is 0 Å². The van der Waals surface area contributed by atoms with Crippen LogP contribution in [0.2, 0.25) is 0 Å². The maximum Gasteiger partial charge on any atom is 0.356 e. The number of carboxylic acid groups (broad SMARTS) is 1. The molecule has 0 spiro atoms. The highest BCUT2D eigenvalue weighted by molar-refractivity contribution is 5.85. The molecular weight excluding hydrogens is 208 g/mol. The number of carboxylic acids is 1. The molecule has 0 fully saturated rings. The van der Waals surface area contributed by atoms with Crippen LogP contribution in [0.3, 0.4) is 0 Å². The zero-order valence-corrected chi connectivity index (χ0v) is 7.65. The third-order valence-corrected chi connectivity index (χ3v) is 2.32. The SMILES string of the molecule is O=C(O)c1cn2c(n1)NCCC2C(F)F. The molecule has 0 aliphatic carbocycles. The molecule has 1 aromatic rings.